The predicted octanol–water partition coefficient (Wildman–Crippen LogP) is 4.91. The minimum absolute atomic E-state index is 0.198. The van der Waals surface area contributed by atoms with Crippen LogP contribution in [0.4, 0.5) is 0 Å². The molecule has 0 aromatic heterocycles. The van der Waals surface area contributed by atoms with Crippen molar-refractivity contribution in [3.05, 3.63) is 64.2 Å². The molecule has 1 nitrogen and oxygen atoms in total. The summed E-state index contributed by atoms with van der Waals surface area (Å²) in [6.45, 7) is 10.8. The van der Waals surface area contributed by atoms with Gasteiger partial charge in [0, 0.05) is 5.56 Å². The van der Waals surface area contributed by atoms with Crippen LogP contribution in [0, 0.1) is 20.8 Å². The fourth-order valence-corrected chi connectivity index (χ4v) is 3.21. The highest BCUT2D eigenvalue weighted by Gasteiger charge is 2.42. The van der Waals surface area contributed by atoms with Gasteiger partial charge in [0.2, 0.25) is 0 Å². The first kappa shape index (κ1) is 13.2. The van der Waals surface area contributed by atoms with Gasteiger partial charge in [-0.1, -0.05) is 42.0 Å². The third-order valence-electron chi connectivity index (χ3n) is 4.49. The maximum Gasteiger partial charge on any atom is 0.127 e. The minimum Gasteiger partial charge on any atom is -0.486 e. The zero-order chi connectivity index (χ0) is 14.5. The number of hydrogen-bond donors (Lipinski definition) is 0. The molecule has 3 rings (SSSR count). The van der Waals surface area contributed by atoms with Crippen LogP contribution in [0.3, 0.4) is 0 Å². The molecule has 20 heavy (non-hydrogen) atoms. The van der Waals surface area contributed by atoms with Gasteiger partial charge < -0.3 is 4.74 Å². The zero-order valence-electron chi connectivity index (χ0n) is 12.9. The topological polar surface area (TPSA) is 9.23 Å². The molecule has 0 radical (unpaired) electrons. The summed E-state index contributed by atoms with van der Waals surface area (Å²) in [5.74, 6) is 1.39. The lowest BCUT2D eigenvalue weighted by Crippen LogP contribution is -2.30. The molecule has 2 aromatic rings. The van der Waals surface area contributed by atoms with Gasteiger partial charge in [-0.05, 0) is 51.3 Å². The Labute approximate surface area is 121 Å². The summed E-state index contributed by atoms with van der Waals surface area (Å²) >= 11 is 0. The molecule has 0 aliphatic carbocycles. The molecule has 0 fully saturated rings. The third kappa shape index (κ3) is 1.93. The van der Waals surface area contributed by atoms with Crippen molar-refractivity contribution >= 4 is 0 Å². The van der Waals surface area contributed by atoms with Crippen molar-refractivity contribution in [2.45, 2.75) is 46.1 Å². The van der Waals surface area contributed by atoms with E-state index < -0.39 is 0 Å². The summed E-state index contributed by atoms with van der Waals surface area (Å²) in [5.41, 5.74) is 6.32. The summed E-state index contributed by atoms with van der Waals surface area (Å²) in [4.78, 5) is 0. The first-order chi connectivity index (χ1) is 9.40. The van der Waals surface area contributed by atoms with Gasteiger partial charge in [0.25, 0.3) is 0 Å². The van der Waals surface area contributed by atoms with Gasteiger partial charge >= 0.3 is 0 Å². The fraction of sp³-hybridized carbons (Fsp3) is 0.368. The van der Waals surface area contributed by atoms with E-state index in [-0.39, 0.29) is 5.60 Å². The van der Waals surface area contributed by atoms with Crippen LogP contribution in [0.5, 0.6) is 5.75 Å². The largest absolute Gasteiger partial charge is 0.486 e. The molecular weight excluding hydrogens is 244 g/mol. The Balaban J connectivity index is 2.17. The summed E-state index contributed by atoms with van der Waals surface area (Å²) in [5, 5.41) is 0. The average molecular weight is 266 g/mol. The third-order valence-corrected chi connectivity index (χ3v) is 4.49. The van der Waals surface area contributed by atoms with E-state index >= 15 is 0 Å². The summed E-state index contributed by atoms with van der Waals surface area (Å²) < 4.78 is 6.30. The second-order valence-electron chi connectivity index (χ2n) is 6.48. The first-order valence-corrected chi connectivity index (χ1v) is 7.26. The Morgan fingerprint density at radius 3 is 2.20 bits per heavy atom. The molecule has 0 saturated carbocycles. The number of aryl methyl sites for hydroxylation is 2. The highest BCUT2D eigenvalue weighted by Crippen LogP contribution is 2.49. The van der Waals surface area contributed by atoms with Crippen molar-refractivity contribution < 1.29 is 4.74 Å². The van der Waals surface area contributed by atoms with E-state index in [1.54, 1.807) is 0 Å². The van der Waals surface area contributed by atoms with E-state index in [9.17, 15) is 0 Å². The quantitative estimate of drug-likeness (QED) is 0.712. The SMILES string of the molecule is Cc1ccc([C@@H]2c3ccc(C)c(C)c3OC2(C)C)cc1. The number of ether oxygens (including phenoxy) is 1. The molecule has 1 aliphatic rings. The van der Waals surface area contributed by atoms with Gasteiger partial charge in [0.05, 0.1) is 5.92 Å². The number of fused-ring (bicyclic) bond motifs is 1. The van der Waals surface area contributed by atoms with Crippen LogP contribution >= 0.6 is 0 Å². The lowest BCUT2D eigenvalue weighted by atomic mass is 9.80. The van der Waals surface area contributed by atoms with Crippen LogP contribution < -0.4 is 4.74 Å². The van der Waals surface area contributed by atoms with Crippen LogP contribution in [-0.2, 0) is 0 Å². The molecule has 1 atom stereocenters. The van der Waals surface area contributed by atoms with Crippen molar-refractivity contribution in [3.63, 3.8) is 0 Å². The van der Waals surface area contributed by atoms with Crippen molar-refractivity contribution in [2.24, 2.45) is 0 Å². The molecule has 0 bridgehead atoms. The Morgan fingerprint density at radius 2 is 1.55 bits per heavy atom. The monoisotopic (exact) mass is 266 g/mol. The molecular formula is C19H22O. The second-order valence-corrected chi connectivity index (χ2v) is 6.48. The Bertz CT molecular complexity index is 650. The number of hydrogen-bond acceptors (Lipinski definition) is 1. The fourth-order valence-electron chi connectivity index (χ4n) is 3.21. The molecule has 0 amide bonds. The van der Waals surface area contributed by atoms with Gasteiger partial charge in [0.1, 0.15) is 11.4 Å². The van der Waals surface area contributed by atoms with Crippen LogP contribution in [-0.4, -0.2) is 5.60 Å². The highest BCUT2D eigenvalue weighted by atomic mass is 16.5. The van der Waals surface area contributed by atoms with E-state index in [1.165, 1.54) is 27.8 Å². The Morgan fingerprint density at radius 1 is 0.900 bits per heavy atom. The molecule has 0 N–H and O–H groups in total. The van der Waals surface area contributed by atoms with Crippen LogP contribution in [0.1, 0.15) is 47.6 Å². The zero-order valence-corrected chi connectivity index (χ0v) is 12.9. The van der Waals surface area contributed by atoms with Crippen LogP contribution in [0.2, 0.25) is 0 Å². The molecule has 0 saturated heterocycles. The molecule has 2 aromatic carbocycles. The Hall–Kier alpha value is -1.76. The maximum atomic E-state index is 6.30. The standard InChI is InChI=1S/C19H22O/c1-12-6-9-15(10-7-12)17-16-11-8-13(2)14(3)18(16)20-19(17,4)5/h6-11,17H,1-5H3/t17-/m1/s1. The molecule has 0 unspecified atom stereocenters. The van der Waals surface area contributed by atoms with Crippen molar-refractivity contribution in [1.29, 1.82) is 0 Å². The van der Waals surface area contributed by atoms with E-state index in [2.05, 4.69) is 71.0 Å². The molecule has 0 spiro atoms. The lowest BCUT2D eigenvalue weighted by molar-refractivity contribution is 0.121. The van der Waals surface area contributed by atoms with Crippen molar-refractivity contribution in [2.75, 3.05) is 0 Å². The summed E-state index contributed by atoms with van der Waals surface area (Å²) in [6, 6.07) is 13.3. The Kier molecular flexibility index (Phi) is 2.89. The predicted molar refractivity (Wildman–Crippen MR) is 83.6 cm³/mol. The number of rotatable bonds is 1. The molecule has 1 heterocycles. The van der Waals surface area contributed by atoms with E-state index in [0.717, 1.165) is 5.75 Å². The first-order valence-electron chi connectivity index (χ1n) is 7.26. The minimum atomic E-state index is -0.198. The summed E-state index contributed by atoms with van der Waals surface area (Å²) in [7, 11) is 0. The van der Waals surface area contributed by atoms with Crippen LogP contribution in [0.25, 0.3) is 0 Å². The van der Waals surface area contributed by atoms with Crippen molar-refractivity contribution in [1.82, 2.24) is 0 Å². The second kappa shape index (κ2) is 4.37. The van der Waals surface area contributed by atoms with E-state index in [4.69, 9.17) is 4.74 Å². The lowest BCUT2D eigenvalue weighted by Gasteiger charge is -2.27. The van der Waals surface area contributed by atoms with Gasteiger partial charge in [-0.25, -0.2) is 0 Å². The molecule has 104 valence electrons. The smallest absolute Gasteiger partial charge is 0.127 e. The summed E-state index contributed by atoms with van der Waals surface area (Å²) in [6.07, 6.45) is 0. The maximum absolute atomic E-state index is 6.30. The van der Waals surface area contributed by atoms with Gasteiger partial charge in [-0.3, -0.25) is 0 Å². The van der Waals surface area contributed by atoms with Gasteiger partial charge in [0.15, 0.2) is 0 Å². The number of benzene rings is 2. The van der Waals surface area contributed by atoms with E-state index in [1.807, 2.05) is 0 Å². The van der Waals surface area contributed by atoms with Crippen LogP contribution in [0.15, 0.2) is 36.4 Å². The normalized spacial score (nSPS) is 19.6. The molecule has 1 heteroatoms. The highest BCUT2D eigenvalue weighted by molar-refractivity contribution is 5.54. The molecule has 1 aliphatic heterocycles. The van der Waals surface area contributed by atoms with E-state index in [0.29, 0.717) is 5.92 Å². The van der Waals surface area contributed by atoms with Crippen molar-refractivity contribution in [3.8, 4) is 5.75 Å². The average Bonchev–Trinajstić information content (AvgIpc) is 2.67. The van der Waals surface area contributed by atoms with Gasteiger partial charge in [-0.15, -0.1) is 0 Å². The van der Waals surface area contributed by atoms with Gasteiger partial charge in [-0.2, -0.15) is 0 Å².